The highest BCUT2D eigenvalue weighted by atomic mass is 33.7. The molecular formula is C4H8N2O2S4. The van der Waals surface area contributed by atoms with Gasteiger partial charge in [-0.3, -0.25) is 9.59 Å². The molecule has 0 saturated carbocycles. The van der Waals surface area contributed by atoms with Gasteiger partial charge in [0.25, 0.3) is 10.5 Å². The maximum Gasteiger partial charge on any atom is 0.290 e. The second-order valence-electron chi connectivity index (χ2n) is 1.38. The molecule has 2 amide bonds. The fourth-order valence-corrected chi connectivity index (χ4v) is 4.67. The number of carbonyl (C=O) groups excluding carboxylic acids is 2. The van der Waals surface area contributed by atoms with Crippen LogP contribution in [0.5, 0.6) is 0 Å². The zero-order chi connectivity index (χ0) is 9.40. The zero-order valence-corrected chi connectivity index (χ0v) is 9.72. The van der Waals surface area contributed by atoms with Crippen molar-refractivity contribution in [2.75, 3.05) is 14.1 Å². The van der Waals surface area contributed by atoms with Gasteiger partial charge in [0.05, 0.1) is 0 Å². The van der Waals surface area contributed by atoms with E-state index in [2.05, 4.69) is 10.6 Å². The monoisotopic (exact) mass is 244 g/mol. The molecule has 4 nitrogen and oxygen atoms in total. The molecule has 0 unspecified atom stereocenters. The van der Waals surface area contributed by atoms with Crippen molar-refractivity contribution in [3.63, 3.8) is 0 Å². The van der Waals surface area contributed by atoms with Gasteiger partial charge in [0, 0.05) is 35.7 Å². The summed E-state index contributed by atoms with van der Waals surface area (Å²) in [4.78, 5) is 21.3. The number of rotatable bonds is 3. The molecule has 0 aliphatic rings. The smallest absolute Gasteiger partial charge is 0.290 e. The van der Waals surface area contributed by atoms with Crippen molar-refractivity contribution >= 4 is 51.7 Å². The van der Waals surface area contributed by atoms with E-state index in [1.165, 1.54) is 19.7 Å². The number of hydrogen-bond donors (Lipinski definition) is 2. The SMILES string of the molecule is CNC(=O)SSSSC(=O)NC. The molecule has 0 atom stereocenters. The number of amides is 2. The van der Waals surface area contributed by atoms with Gasteiger partial charge in [0.15, 0.2) is 0 Å². The highest BCUT2D eigenvalue weighted by molar-refractivity contribution is 9.28. The summed E-state index contributed by atoms with van der Waals surface area (Å²) in [5.41, 5.74) is 0. The zero-order valence-electron chi connectivity index (χ0n) is 6.45. The Morgan fingerprint density at radius 2 is 1.25 bits per heavy atom. The summed E-state index contributed by atoms with van der Waals surface area (Å²) < 4.78 is 0. The average molecular weight is 244 g/mol. The summed E-state index contributed by atoms with van der Waals surface area (Å²) in [5.74, 6) is 0. The molecule has 0 bridgehead atoms. The van der Waals surface area contributed by atoms with Gasteiger partial charge in [0.1, 0.15) is 0 Å². The molecule has 0 fully saturated rings. The summed E-state index contributed by atoms with van der Waals surface area (Å²) in [7, 11) is 7.75. The van der Waals surface area contributed by atoms with Crippen LogP contribution in [0.4, 0.5) is 9.59 Å². The van der Waals surface area contributed by atoms with Crippen molar-refractivity contribution in [3.05, 3.63) is 0 Å². The van der Waals surface area contributed by atoms with Crippen LogP contribution in [0.25, 0.3) is 0 Å². The Morgan fingerprint density at radius 3 is 1.50 bits per heavy atom. The molecule has 8 heteroatoms. The van der Waals surface area contributed by atoms with Crippen LogP contribution in [0, 0.1) is 0 Å². The third-order valence-electron chi connectivity index (χ3n) is 0.655. The van der Waals surface area contributed by atoms with Gasteiger partial charge in [-0.25, -0.2) is 0 Å². The second-order valence-corrected chi connectivity index (χ2v) is 6.99. The van der Waals surface area contributed by atoms with Crippen molar-refractivity contribution in [1.82, 2.24) is 10.6 Å². The van der Waals surface area contributed by atoms with E-state index in [4.69, 9.17) is 0 Å². The molecule has 0 heterocycles. The largest absolute Gasteiger partial charge is 0.349 e. The standard InChI is InChI=1S/C4H8N2O2S4/c1-5-3(7)9-11-12-10-4(8)6-2/h1-2H3,(H,5,7)(H,6,8). The Bertz CT molecular complexity index is 147. The first-order chi connectivity index (χ1) is 5.70. The highest BCUT2D eigenvalue weighted by Crippen LogP contribution is 2.43. The highest BCUT2D eigenvalue weighted by Gasteiger charge is 2.03. The molecule has 0 aliphatic heterocycles. The molecule has 0 aliphatic carbocycles. The van der Waals surface area contributed by atoms with Gasteiger partial charge < -0.3 is 10.6 Å². The average Bonchev–Trinajstić information content (AvgIpc) is 2.11. The summed E-state index contributed by atoms with van der Waals surface area (Å²) in [6.07, 6.45) is 0. The van der Waals surface area contributed by atoms with Crippen LogP contribution in [-0.4, -0.2) is 24.6 Å². The van der Waals surface area contributed by atoms with Gasteiger partial charge in [-0.15, -0.1) is 0 Å². The lowest BCUT2D eigenvalue weighted by atomic mass is 11.2. The normalized spacial score (nSPS) is 9.17. The molecule has 0 saturated heterocycles. The van der Waals surface area contributed by atoms with E-state index in [0.29, 0.717) is 0 Å². The minimum absolute atomic E-state index is 0.120. The number of nitrogens with one attached hydrogen (secondary N) is 2. The van der Waals surface area contributed by atoms with E-state index in [9.17, 15) is 9.59 Å². The molecule has 0 rings (SSSR count). The van der Waals surface area contributed by atoms with Crippen LogP contribution in [0.15, 0.2) is 0 Å². The van der Waals surface area contributed by atoms with E-state index in [0.717, 1.165) is 21.6 Å². The minimum atomic E-state index is -0.120. The van der Waals surface area contributed by atoms with E-state index in [1.807, 2.05) is 0 Å². The van der Waals surface area contributed by atoms with E-state index in [1.54, 1.807) is 14.1 Å². The van der Waals surface area contributed by atoms with Crippen LogP contribution in [0.2, 0.25) is 0 Å². The quantitative estimate of drug-likeness (QED) is 0.587. The first kappa shape index (κ1) is 12.3. The van der Waals surface area contributed by atoms with Gasteiger partial charge in [-0.05, 0) is 19.7 Å². The predicted molar refractivity (Wildman–Crippen MR) is 59.3 cm³/mol. The van der Waals surface area contributed by atoms with Crippen molar-refractivity contribution in [3.8, 4) is 0 Å². The summed E-state index contributed by atoms with van der Waals surface area (Å²) in [6, 6.07) is 0. The predicted octanol–water partition coefficient (Wildman–Crippen LogP) is 2.34. The molecule has 0 spiro atoms. The maximum absolute atomic E-state index is 10.6. The van der Waals surface area contributed by atoms with Gasteiger partial charge in [-0.2, -0.15) is 0 Å². The molecule has 0 aromatic rings. The molecule has 0 radical (unpaired) electrons. The van der Waals surface area contributed by atoms with Crippen LogP contribution in [-0.2, 0) is 0 Å². The Kier molecular flexibility index (Phi) is 8.19. The number of hydrogen-bond acceptors (Lipinski definition) is 6. The van der Waals surface area contributed by atoms with Gasteiger partial charge >= 0.3 is 0 Å². The van der Waals surface area contributed by atoms with Crippen molar-refractivity contribution in [2.24, 2.45) is 0 Å². The van der Waals surface area contributed by atoms with Crippen LogP contribution >= 0.6 is 41.2 Å². The van der Waals surface area contributed by atoms with E-state index < -0.39 is 0 Å². The first-order valence-electron chi connectivity index (χ1n) is 2.82. The Balaban J connectivity index is 3.21. The van der Waals surface area contributed by atoms with Crippen molar-refractivity contribution in [1.29, 1.82) is 0 Å². The fraction of sp³-hybridized carbons (Fsp3) is 0.500. The Morgan fingerprint density at radius 1 is 0.917 bits per heavy atom. The number of carbonyl (C=O) groups is 2. The van der Waals surface area contributed by atoms with Crippen LogP contribution < -0.4 is 10.6 Å². The third kappa shape index (κ3) is 7.01. The molecule has 2 N–H and O–H groups in total. The van der Waals surface area contributed by atoms with Crippen LogP contribution in [0.1, 0.15) is 0 Å². The molecule has 12 heavy (non-hydrogen) atoms. The van der Waals surface area contributed by atoms with Crippen molar-refractivity contribution in [2.45, 2.75) is 0 Å². The van der Waals surface area contributed by atoms with Crippen molar-refractivity contribution < 1.29 is 9.59 Å². The maximum atomic E-state index is 10.6. The molecule has 0 aromatic heterocycles. The molecule has 70 valence electrons. The van der Waals surface area contributed by atoms with Gasteiger partial charge in [0.2, 0.25) is 0 Å². The second kappa shape index (κ2) is 7.96. The van der Waals surface area contributed by atoms with Gasteiger partial charge in [-0.1, -0.05) is 0 Å². The Hall–Kier alpha value is 0.340. The van der Waals surface area contributed by atoms with E-state index in [-0.39, 0.29) is 10.5 Å². The summed E-state index contributed by atoms with van der Waals surface area (Å²) >= 11 is 0. The molecule has 0 aromatic carbocycles. The minimum Gasteiger partial charge on any atom is -0.349 e. The van der Waals surface area contributed by atoms with Crippen LogP contribution in [0.3, 0.4) is 0 Å². The fourth-order valence-electron chi connectivity index (χ4n) is 0.173. The lowest BCUT2D eigenvalue weighted by Crippen LogP contribution is -2.10. The molecular weight excluding hydrogens is 236 g/mol. The Labute approximate surface area is 85.9 Å². The first-order valence-corrected chi connectivity index (χ1v) is 7.63. The summed E-state index contributed by atoms with van der Waals surface area (Å²) in [5, 5.41) is 4.65. The van der Waals surface area contributed by atoms with E-state index >= 15 is 0 Å². The summed E-state index contributed by atoms with van der Waals surface area (Å²) in [6.45, 7) is 0. The lowest BCUT2D eigenvalue weighted by Gasteiger charge is -1.96. The lowest BCUT2D eigenvalue weighted by molar-refractivity contribution is 0.262. The topological polar surface area (TPSA) is 58.2 Å². The third-order valence-corrected chi connectivity index (χ3v) is 6.27.